The summed E-state index contributed by atoms with van der Waals surface area (Å²) >= 11 is 0. The Balaban J connectivity index is 0.891. The molecule has 0 bridgehead atoms. The summed E-state index contributed by atoms with van der Waals surface area (Å²) in [5, 5.41) is 0. The lowest BCUT2D eigenvalue weighted by Gasteiger charge is -2.61. The lowest BCUT2D eigenvalue weighted by molar-refractivity contribution is -0.169. The number of ether oxygens (including phenoxy) is 3. The molecular formula is C52H66O6. The molecule has 0 aromatic heterocycles. The molecule has 5 aliphatic rings. The number of benzene rings is 3. The van der Waals surface area contributed by atoms with Gasteiger partial charge in [0.25, 0.3) is 0 Å². The Bertz CT molecular complexity index is 1920. The number of hydrogen-bond donors (Lipinski definition) is 0. The summed E-state index contributed by atoms with van der Waals surface area (Å²) in [5.41, 5.74) is 5.83. The van der Waals surface area contributed by atoms with E-state index in [0.717, 1.165) is 30.7 Å². The van der Waals surface area contributed by atoms with Gasteiger partial charge < -0.3 is 14.2 Å². The Morgan fingerprint density at radius 1 is 0.724 bits per heavy atom. The van der Waals surface area contributed by atoms with Crippen molar-refractivity contribution in [2.75, 3.05) is 6.61 Å². The topological polar surface area (TPSA) is 78.9 Å². The first kappa shape index (κ1) is 40.8. The zero-order valence-electron chi connectivity index (χ0n) is 35.8. The first-order valence-corrected chi connectivity index (χ1v) is 22.5. The first-order chi connectivity index (χ1) is 27.7. The van der Waals surface area contributed by atoms with Crippen molar-refractivity contribution < 1.29 is 28.6 Å². The molecule has 310 valence electrons. The van der Waals surface area contributed by atoms with E-state index in [2.05, 4.69) is 57.2 Å². The Hall–Kier alpha value is -3.93. The number of hydrogen-bond acceptors (Lipinski definition) is 6. The molecule has 0 heterocycles. The summed E-state index contributed by atoms with van der Waals surface area (Å²) in [6.07, 6.45) is 11.1. The zero-order valence-corrected chi connectivity index (χ0v) is 35.8. The summed E-state index contributed by atoms with van der Waals surface area (Å²) in [5.74, 6) is 2.23. The summed E-state index contributed by atoms with van der Waals surface area (Å²) in [6.45, 7) is 13.5. The molecule has 0 N–H and O–H groups in total. The van der Waals surface area contributed by atoms with E-state index in [1.807, 2.05) is 63.2 Å². The Kier molecular flexibility index (Phi) is 11.4. The van der Waals surface area contributed by atoms with Gasteiger partial charge in [-0.2, -0.15) is 0 Å². The number of carbonyl (C=O) groups is 3. The van der Waals surface area contributed by atoms with Gasteiger partial charge in [-0.15, -0.1) is 0 Å². The smallest absolute Gasteiger partial charge is 0.310 e. The number of rotatable bonds is 11. The molecule has 58 heavy (non-hydrogen) atoms. The normalized spacial score (nSPS) is 31.1. The van der Waals surface area contributed by atoms with Crippen molar-refractivity contribution in [3.05, 3.63) is 95.6 Å². The van der Waals surface area contributed by atoms with Crippen molar-refractivity contribution in [1.82, 2.24) is 0 Å². The SMILES string of the molecule is C[C@H](CC(=O)OC(C)(C)C)C1CCC2C3CCC4C[C@H](OC(=O)[C@@H](CC(=O)OCC5c6ccccc6-c6ccccc65)Cc5ccccc5)CC[C@]4(C)C3CC[C@@]21C. The van der Waals surface area contributed by atoms with Gasteiger partial charge in [0, 0.05) is 12.3 Å². The third-order valence-electron chi connectivity index (χ3n) is 16.0. The van der Waals surface area contributed by atoms with Crippen LogP contribution in [0.1, 0.15) is 135 Å². The second kappa shape index (κ2) is 16.3. The van der Waals surface area contributed by atoms with Crippen LogP contribution in [0.5, 0.6) is 0 Å². The van der Waals surface area contributed by atoms with Crippen molar-refractivity contribution >= 4 is 17.9 Å². The second-order valence-corrected chi connectivity index (χ2v) is 20.5. The van der Waals surface area contributed by atoms with E-state index in [-0.39, 0.29) is 53.8 Å². The molecular weight excluding hydrogens is 721 g/mol. The second-order valence-electron chi connectivity index (χ2n) is 20.5. The number of esters is 3. The highest BCUT2D eigenvalue weighted by Crippen LogP contribution is 2.68. The summed E-state index contributed by atoms with van der Waals surface area (Å²) in [4.78, 5) is 40.6. The predicted octanol–water partition coefficient (Wildman–Crippen LogP) is 11.5. The lowest BCUT2D eigenvalue weighted by atomic mass is 9.44. The Morgan fingerprint density at radius 3 is 2.05 bits per heavy atom. The van der Waals surface area contributed by atoms with Gasteiger partial charge in [-0.25, -0.2) is 0 Å². The van der Waals surface area contributed by atoms with Gasteiger partial charge in [0.2, 0.25) is 0 Å². The van der Waals surface area contributed by atoms with Crippen LogP contribution in [0.2, 0.25) is 0 Å². The third kappa shape index (κ3) is 8.03. The van der Waals surface area contributed by atoms with Crippen molar-refractivity contribution in [1.29, 1.82) is 0 Å². The molecule has 5 unspecified atom stereocenters. The quantitative estimate of drug-likeness (QED) is 0.142. The van der Waals surface area contributed by atoms with Gasteiger partial charge in [-0.05, 0) is 159 Å². The van der Waals surface area contributed by atoms with Gasteiger partial charge in [0.1, 0.15) is 18.3 Å². The lowest BCUT2D eigenvalue weighted by Crippen LogP contribution is -2.54. The molecule has 0 saturated heterocycles. The number of carbonyl (C=O) groups excluding carboxylic acids is 3. The minimum Gasteiger partial charge on any atom is -0.465 e. The maximum atomic E-state index is 14.1. The molecule has 4 fully saturated rings. The molecule has 8 rings (SSSR count). The largest absolute Gasteiger partial charge is 0.465 e. The van der Waals surface area contributed by atoms with Crippen molar-refractivity contribution in [2.45, 2.75) is 136 Å². The highest BCUT2D eigenvalue weighted by Gasteiger charge is 2.61. The predicted molar refractivity (Wildman–Crippen MR) is 228 cm³/mol. The fraction of sp³-hybridized carbons (Fsp3) is 0.596. The molecule has 0 aliphatic heterocycles. The Labute approximate surface area is 347 Å². The standard InChI is InChI=1S/C52H66O6/c1-33(28-48(54)58-50(2,3)4)44-22-23-45-42-21-20-36-31-37(24-26-51(36,5)46(42)25-27-52(44,45)6)57-49(55)35(29-34-14-8-7-9-15-34)30-47(53)56-32-43-40-18-12-10-16-38(40)39-17-11-13-19-41(39)43/h7-19,33,35-37,42-46H,20-32H2,1-6H3/t33-,35-,36?,37-,42?,44?,45?,46?,51+,52-/m1/s1. The molecule has 0 amide bonds. The summed E-state index contributed by atoms with van der Waals surface area (Å²) in [6, 6.07) is 26.7. The number of fused-ring (bicyclic) bond motifs is 8. The molecule has 4 saturated carbocycles. The van der Waals surface area contributed by atoms with E-state index in [9.17, 15) is 14.4 Å². The molecule has 3 aromatic carbocycles. The van der Waals surface area contributed by atoms with Crippen molar-refractivity contribution in [3.8, 4) is 11.1 Å². The van der Waals surface area contributed by atoms with E-state index >= 15 is 0 Å². The van der Waals surface area contributed by atoms with Crippen LogP contribution in [0.4, 0.5) is 0 Å². The van der Waals surface area contributed by atoms with Crippen LogP contribution in [-0.4, -0.2) is 36.2 Å². The highest BCUT2D eigenvalue weighted by molar-refractivity contribution is 5.81. The van der Waals surface area contributed by atoms with Gasteiger partial charge in [-0.3, -0.25) is 14.4 Å². The van der Waals surface area contributed by atoms with Crippen LogP contribution < -0.4 is 0 Å². The van der Waals surface area contributed by atoms with Crippen LogP contribution in [-0.2, 0) is 35.0 Å². The van der Waals surface area contributed by atoms with Crippen LogP contribution in [0.3, 0.4) is 0 Å². The first-order valence-electron chi connectivity index (χ1n) is 22.5. The average molecular weight is 787 g/mol. The van der Waals surface area contributed by atoms with E-state index in [4.69, 9.17) is 14.2 Å². The summed E-state index contributed by atoms with van der Waals surface area (Å²) in [7, 11) is 0. The van der Waals surface area contributed by atoms with Crippen LogP contribution in [0.15, 0.2) is 78.9 Å². The third-order valence-corrected chi connectivity index (χ3v) is 16.0. The van der Waals surface area contributed by atoms with E-state index in [1.165, 1.54) is 60.8 Å². The van der Waals surface area contributed by atoms with Crippen LogP contribution in [0.25, 0.3) is 11.1 Å². The van der Waals surface area contributed by atoms with Crippen LogP contribution in [0, 0.1) is 52.3 Å². The van der Waals surface area contributed by atoms with Crippen LogP contribution >= 0.6 is 0 Å². The summed E-state index contributed by atoms with van der Waals surface area (Å²) < 4.78 is 18.2. The van der Waals surface area contributed by atoms with Crippen molar-refractivity contribution in [3.63, 3.8) is 0 Å². The average Bonchev–Trinajstić information content (AvgIpc) is 3.71. The minimum absolute atomic E-state index is 0.00109. The zero-order chi connectivity index (χ0) is 40.8. The van der Waals surface area contributed by atoms with Gasteiger partial charge in [-0.1, -0.05) is 99.6 Å². The Morgan fingerprint density at radius 2 is 1.36 bits per heavy atom. The molecule has 10 atom stereocenters. The minimum atomic E-state index is -0.605. The fourth-order valence-corrected chi connectivity index (χ4v) is 13.4. The van der Waals surface area contributed by atoms with Gasteiger partial charge in [0.15, 0.2) is 0 Å². The van der Waals surface area contributed by atoms with Gasteiger partial charge >= 0.3 is 17.9 Å². The van der Waals surface area contributed by atoms with Crippen molar-refractivity contribution in [2.24, 2.45) is 52.3 Å². The molecule has 6 nitrogen and oxygen atoms in total. The monoisotopic (exact) mass is 786 g/mol. The van der Waals surface area contributed by atoms with E-state index in [0.29, 0.717) is 42.4 Å². The fourth-order valence-electron chi connectivity index (χ4n) is 13.4. The highest BCUT2D eigenvalue weighted by atomic mass is 16.6. The molecule has 3 aromatic rings. The molecule has 0 spiro atoms. The molecule has 5 aliphatic carbocycles. The van der Waals surface area contributed by atoms with Gasteiger partial charge in [0.05, 0.1) is 12.3 Å². The van der Waals surface area contributed by atoms with E-state index < -0.39 is 11.5 Å². The maximum Gasteiger partial charge on any atom is 0.310 e. The molecule has 0 radical (unpaired) electrons. The van der Waals surface area contributed by atoms with E-state index in [1.54, 1.807) is 0 Å². The maximum absolute atomic E-state index is 14.1. The molecule has 6 heteroatoms.